The number of urea groups is 1. The predicted molar refractivity (Wildman–Crippen MR) is 128 cm³/mol. The molecule has 1 aliphatic rings. The van der Waals surface area contributed by atoms with Crippen LogP contribution >= 0.6 is 0 Å². The van der Waals surface area contributed by atoms with Gasteiger partial charge in [-0.25, -0.2) is 9.80 Å². The van der Waals surface area contributed by atoms with Gasteiger partial charge in [-0.05, 0) is 57.3 Å². The average Bonchev–Trinajstić information content (AvgIpc) is 2.93. The van der Waals surface area contributed by atoms with Crippen LogP contribution in [0.5, 0.6) is 11.5 Å². The summed E-state index contributed by atoms with van der Waals surface area (Å²) in [5, 5.41) is 12.4. The van der Waals surface area contributed by atoms with Crippen molar-refractivity contribution in [3.63, 3.8) is 0 Å². The molecule has 2 aromatic carbocycles. The summed E-state index contributed by atoms with van der Waals surface area (Å²) in [6.45, 7) is 3.79. The minimum atomic E-state index is -0.247. The van der Waals surface area contributed by atoms with Crippen LogP contribution in [0.4, 0.5) is 10.5 Å². The third-order valence-electron chi connectivity index (χ3n) is 5.47. The van der Waals surface area contributed by atoms with E-state index >= 15 is 0 Å². The Morgan fingerprint density at radius 2 is 1.81 bits per heavy atom. The highest BCUT2D eigenvalue weighted by Gasteiger charge is 2.28. The number of nitrogens with one attached hydrogen (secondary N) is 2. The summed E-state index contributed by atoms with van der Waals surface area (Å²) >= 11 is 0. The highest BCUT2D eigenvalue weighted by atomic mass is 16.5. The van der Waals surface area contributed by atoms with E-state index < -0.39 is 0 Å². The molecule has 2 aromatic rings. The molecule has 8 heteroatoms. The summed E-state index contributed by atoms with van der Waals surface area (Å²) in [6.07, 6.45) is 0.639. The average molecular weight is 440 g/mol. The molecule has 0 saturated carbocycles. The van der Waals surface area contributed by atoms with Gasteiger partial charge in [-0.2, -0.15) is 5.10 Å². The van der Waals surface area contributed by atoms with Crippen LogP contribution in [-0.2, 0) is 6.42 Å². The first-order valence-corrected chi connectivity index (χ1v) is 10.7. The summed E-state index contributed by atoms with van der Waals surface area (Å²) in [5.41, 5.74) is 4.64. The number of rotatable bonds is 7. The van der Waals surface area contributed by atoms with Gasteiger partial charge in [-0.3, -0.25) is 0 Å². The lowest BCUT2D eigenvalue weighted by Crippen LogP contribution is -2.41. The maximum atomic E-state index is 12.6. The van der Waals surface area contributed by atoms with Gasteiger partial charge in [0.25, 0.3) is 0 Å². The van der Waals surface area contributed by atoms with Crippen molar-refractivity contribution in [2.75, 3.05) is 53.8 Å². The van der Waals surface area contributed by atoms with Gasteiger partial charge in [0, 0.05) is 37.0 Å². The molecule has 32 heavy (non-hydrogen) atoms. The number of benzene rings is 2. The number of hydrazone groups is 1. The number of nitrogens with zero attached hydrogens (tertiary/aromatic N) is 3. The van der Waals surface area contributed by atoms with E-state index in [0.29, 0.717) is 23.6 Å². The van der Waals surface area contributed by atoms with E-state index in [1.54, 1.807) is 21.3 Å². The van der Waals surface area contributed by atoms with Gasteiger partial charge in [-0.15, -0.1) is 0 Å². The number of amides is 2. The van der Waals surface area contributed by atoms with Crippen molar-refractivity contribution in [2.24, 2.45) is 5.10 Å². The number of anilines is 1. The largest absolute Gasteiger partial charge is 0.493 e. The molecular weight excluding hydrogens is 406 g/mol. The summed E-state index contributed by atoms with van der Waals surface area (Å²) in [5.74, 6) is 1.29. The zero-order chi connectivity index (χ0) is 23.3. The molecule has 2 amide bonds. The first-order chi connectivity index (χ1) is 15.4. The van der Waals surface area contributed by atoms with E-state index in [2.05, 4.69) is 29.6 Å². The Kier molecular flexibility index (Phi) is 7.58. The SMILES string of the molecule is CNC(=O)N1N=C(c2ccc(NCCN(C)C)cc2)c2cc(OC)c(OC)cc2C[C@@H]1C. The van der Waals surface area contributed by atoms with Gasteiger partial charge < -0.3 is 25.0 Å². The van der Waals surface area contributed by atoms with Crippen LogP contribution in [0.15, 0.2) is 41.5 Å². The van der Waals surface area contributed by atoms with Gasteiger partial charge in [0.05, 0.1) is 26.0 Å². The minimum Gasteiger partial charge on any atom is -0.493 e. The van der Waals surface area contributed by atoms with Gasteiger partial charge in [0.2, 0.25) is 0 Å². The van der Waals surface area contributed by atoms with Gasteiger partial charge in [-0.1, -0.05) is 12.1 Å². The van der Waals surface area contributed by atoms with Crippen molar-refractivity contribution in [3.05, 3.63) is 53.1 Å². The number of hydrogen-bond donors (Lipinski definition) is 2. The second-order valence-electron chi connectivity index (χ2n) is 8.07. The molecule has 0 fully saturated rings. The predicted octanol–water partition coefficient (Wildman–Crippen LogP) is 3.02. The number of fused-ring (bicyclic) bond motifs is 1. The second-order valence-corrected chi connectivity index (χ2v) is 8.07. The molecule has 1 heterocycles. The van der Waals surface area contributed by atoms with Crippen molar-refractivity contribution in [1.29, 1.82) is 0 Å². The van der Waals surface area contributed by atoms with Crippen LogP contribution in [0, 0.1) is 0 Å². The Bertz CT molecular complexity index is 972. The molecule has 2 N–H and O–H groups in total. The number of methoxy groups -OCH3 is 2. The normalized spacial score (nSPS) is 15.5. The van der Waals surface area contributed by atoms with E-state index in [1.807, 2.05) is 43.3 Å². The van der Waals surface area contributed by atoms with Gasteiger partial charge >= 0.3 is 6.03 Å². The molecule has 0 aliphatic carbocycles. The monoisotopic (exact) mass is 439 g/mol. The highest BCUT2D eigenvalue weighted by molar-refractivity contribution is 6.14. The molecule has 1 atom stereocenters. The van der Waals surface area contributed by atoms with Crippen molar-refractivity contribution < 1.29 is 14.3 Å². The molecule has 0 aromatic heterocycles. The molecule has 0 saturated heterocycles. The van der Waals surface area contributed by atoms with E-state index in [4.69, 9.17) is 14.6 Å². The first-order valence-electron chi connectivity index (χ1n) is 10.7. The quantitative estimate of drug-likeness (QED) is 0.693. The molecule has 1 aliphatic heterocycles. The fraction of sp³-hybridized carbons (Fsp3) is 0.417. The van der Waals surface area contributed by atoms with E-state index in [0.717, 1.165) is 35.5 Å². The van der Waals surface area contributed by atoms with E-state index in [1.165, 1.54) is 5.01 Å². The minimum absolute atomic E-state index is 0.128. The first kappa shape index (κ1) is 23.4. The van der Waals surface area contributed by atoms with Crippen LogP contribution in [0.3, 0.4) is 0 Å². The third-order valence-corrected chi connectivity index (χ3v) is 5.47. The maximum Gasteiger partial charge on any atom is 0.337 e. The number of carbonyl (C=O) groups is 1. The fourth-order valence-electron chi connectivity index (χ4n) is 3.72. The van der Waals surface area contributed by atoms with E-state index in [9.17, 15) is 4.79 Å². The van der Waals surface area contributed by atoms with Crippen molar-refractivity contribution in [3.8, 4) is 11.5 Å². The zero-order valence-electron chi connectivity index (χ0n) is 19.7. The molecule has 0 spiro atoms. The summed E-state index contributed by atoms with van der Waals surface area (Å²) < 4.78 is 11.1. The van der Waals surface area contributed by atoms with Crippen LogP contribution in [-0.4, -0.2) is 76.1 Å². The van der Waals surface area contributed by atoms with E-state index in [-0.39, 0.29) is 12.1 Å². The van der Waals surface area contributed by atoms with Gasteiger partial charge in [0.15, 0.2) is 11.5 Å². The molecule has 0 radical (unpaired) electrons. The number of ether oxygens (including phenoxy) is 2. The Morgan fingerprint density at radius 3 is 2.41 bits per heavy atom. The lowest BCUT2D eigenvalue weighted by atomic mass is 9.94. The maximum absolute atomic E-state index is 12.6. The lowest BCUT2D eigenvalue weighted by Gasteiger charge is -2.22. The standard InChI is InChI=1S/C24H33N5O3/c1-16-13-18-14-21(31-5)22(32-6)15-20(18)23(27-29(16)24(30)25-2)17-7-9-19(10-8-17)26-11-12-28(3)4/h7-10,14-16,26H,11-13H2,1-6H3,(H,25,30)/t16-/m0/s1. The van der Waals surface area contributed by atoms with Crippen molar-refractivity contribution in [1.82, 2.24) is 15.2 Å². The Balaban J connectivity index is 2.05. The summed E-state index contributed by atoms with van der Waals surface area (Å²) in [6, 6.07) is 11.7. The highest BCUT2D eigenvalue weighted by Crippen LogP contribution is 2.34. The van der Waals surface area contributed by atoms with Gasteiger partial charge in [0.1, 0.15) is 0 Å². The summed E-state index contributed by atoms with van der Waals surface area (Å²) in [7, 11) is 8.95. The second kappa shape index (κ2) is 10.4. The lowest BCUT2D eigenvalue weighted by molar-refractivity contribution is 0.184. The molecule has 172 valence electrons. The molecule has 0 unspecified atom stereocenters. The summed E-state index contributed by atoms with van der Waals surface area (Å²) in [4.78, 5) is 14.7. The molecular formula is C24H33N5O3. The van der Waals surface area contributed by atoms with Crippen molar-refractivity contribution in [2.45, 2.75) is 19.4 Å². The topological polar surface area (TPSA) is 78.4 Å². The van der Waals surface area contributed by atoms with Crippen LogP contribution in [0.25, 0.3) is 0 Å². The fourth-order valence-corrected chi connectivity index (χ4v) is 3.72. The smallest absolute Gasteiger partial charge is 0.337 e. The third kappa shape index (κ3) is 5.13. The molecule has 8 nitrogen and oxygen atoms in total. The van der Waals surface area contributed by atoms with Crippen LogP contribution in [0.1, 0.15) is 23.6 Å². The number of likely N-dealkylation sites (N-methyl/N-ethyl adjacent to an activating group) is 1. The Hall–Kier alpha value is -3.26. The number of hydrogen-bond acceptors (Lipinski definition) is 6. The number of carbonyl (C=O) groups excluding carboxylic acids is 1. The zero-order valence-corrected chi connectivity index (χ0v) is 19.7. The van der Waals surface area contributed by atoms with Crippen LogP contribution in [0.2, 0.25) is 0 Å². The Morgan fingerprint density at radius 1 is 1.16 bits per heavy atom. The van der Waals surface area contributed by atoms with Crippen molar-refractivity contribution >= 4 is 17.4 Å². The Labute approximate surface area is 190 Å². The van der Waals surface area contributed by atoms with Crippen LogP contribution < -0.4 is 20.1 Å². The molecule has 3 rings (SSSR count). The molecule has 0 bridgehead atoms.